The van der Waals surface area contributed by atoms with E-state index in [0.29, 0.717) is 25.7 Å². The molecule has 3 rings (SSSR count). The van der Waals surface area contributed by atoms with E-state index >= 15 is 0 Å². The van der Waals surface area contributed by atoms with Gasteiger partial charge in [-0.15, -0.1) is 0 Å². The fourth-order valence-corrected chi connectivity index (χ4v) is 3.85. The maximum atomic E-state index is 12.9. The van der Waals surface area contributed by atoms with Crippen LogP contribution in [0.1, 0.15) is 19.5 Å². The number of aryl methyl sites for hydroxylation is 1. The molecule has 1 N–H and O–H groups in total. The maximum absolute atomic E-state index is 12.9. The summed E-state index contributed by atoms with van der Waals surface area (Å²) in [5, 5.41) is 7.30. The molecule has 1 aromatic rings. The highest BCUT2D eigenvalue weighted by molar-refractivity contribution is 5.84. The summed E-state index contributed by atoms with van der Waals surface area (Å²) in [6.45, 7) is 8.77. The van der Waals surface area contributed by atoms with Gasteiger partial charge in [0.15, 0.2) is 0 Å². The fourth-order valence-electron chi connectivity index (χ4n) is 3.85. The maximum Gasteiger partial charge on any atom is 0.230 e. The molecule has 0 spiro atoms. The number of nitrogens with one attached hydrogen (secondary N) is 1. The Morgan fingerprint density at radius 3 is 3.12 bits per heavy atom. The molecule has 6 heteroatoms. The van der Waals surface area contributed by atoms with E-state index in [4.69, 9.17) is 4.74 Å². The van der Waals surface area contributed by atoms with Crippen LogP contribution in [0.15, 0.2) is 23.9 Å². The zero-order valence-electron chi connectivity index (χ0n) is 14.9. The van der Waals surface area contributed by atoms with Crippen LogP contribution < -0.4 is 5.32 Å². The van der Waals surface area contributed by atoms with Crippen LogP contribution in [0.3, 0.4) is 0 Å². The average Bonchev–Trinajstić information content (AvgIpc) is 3.22. The number of hydrogen-bond donors (Lipinski definition) is 1. The molecule has 2 aliphatic heterocycles. The van der Waals surface area contributed by atoms with Gasteiger partial charge >= 0.3 is 0 Å². The smallest absolute Gasteiger partial charge is 0.230 e. The van der Waals surface area contributed by atoms with Gasteiger partial charge in [0.25, 0.3) is 0 Å². The number of rotatable bonds is 6. The predicted molar refractivity (Wildman–Crippen MR) is 92.5 cm³/mol. The Hall–Kier alpha value is -1.66. The van der Waals surface area contributed by atoms with E-state index in [1.54, 1.807) is 6.20 Å². The van der Waals surface area contributed by atoms with Crippen LogP contribution >= 0.6 is 0 Å². The second-order valence-corrected chi connectivity index (χ2v) is 7.12. The van der Waals surface area contributed by atoms with Crippen LogP contribution in [0.25, 0.3) is 0 Å². The summed E-state index contributed by atoms with van der Waals surface area (Å²) in [4.78, 5) is 15.3. The minimum Gasteiger partial charge on any atom is -0.380 e. The van der Waals surface area contributed by atoms with Crippen molar-refractivity contribution in [3.05, 3.63) is 29.6 Å². The van der Waals surface area contributed by atoms with E-state index in [1.807, 2.05) is 17.8 Å². The number of aromatic nitrogens is 2. The number of likely N-dealkylation sites (tertiary alicyclic amines) is 1. The van der Waals surface area contributed by atoms with Crippen molar-refractivity contribution in [1.82, 2.24) is 20.0 Å². The zero-order chi connectivity index (χ0) is 17.2. The molecule has 24 heavy (non-hydrogen) atoms. The highest BCUT2D eigenvalue weighted by Gasteiger charge is 2.55. The summed E-state index contributed by atoms with van der Waals surface area (Å²) in [5.41, 5.74) is 2.10. The number of hydrogen-bond acceptors (Lipinski definition) is 4. The number of carbonyl (C=O) groups is 1. The molecule has 0 unspecified atom stereocenters. The standard InChI is InChI=1S/C18H28N4O2/c1-4-14(2)9-22-10-15-11-24-13-18(15,12-22)17(23)19-7-5-16-6-8-20-21(16)3/h4,6,8,15H,5,7,9-13H2,1-3H3,(H,19,23)/b14-4+/t15-,18-/m1/s1. The highest BCUT2D eigenvalue weighted by atomic mass is 16.5. The number of nitrogens with zero attached hydrogens (tertiary/aromatic N) is 3. The highest BCUT2D eigenvalue weighted by Crippen LogP contribution is 2.41. The Balaban J connectivity index is 1.59. The quantitative estimate of drug-likeness (QED) is 0.790. The molecule has 2 fully saturated rings. The van der Waals surface area contributed by atoms with Crippen molar-refractivity contribution < 1.29 is 9.53 Å². The Morgan fingerprint density at radius 2 is 2.42 bits per heavy atom. The van der Waals surface area contributed by atoms with Crippen molar-refractivity contribution in [2.24, 2.45) is 18.4 Å². The number of allylic oxidation sites excluding steroid dienone is 1. The molecule has 6 nitrogen and oxygen atoms in total. The molecule has 3 heterocycles. The number of ether oxygens (including phenoxy) is 1. The van der Waals surface area contributed by atoms with Crippen LogP contribution in [0.5, 0.6) is 0 Å². The molecule has 1 aromatic heterocycles. The van der Waals surface area contributed by atoms with Crippen molar-refractivity contribution in [1.29, 1.82) is 0 Å². The number of amides is 1. The first kappa shape index (κ1) is 17.2. The summed E-state index contributed by atoms with van der Waals surface area (Å²) >= 11 is 0. The molecule has 1 amide bonds. The Bertz CT molecular complexity index is 624. The molecule has 2 aliphatic rings. The van der Waals surface area contributed by atoms with E-state index in [1.165, 1.54) is 5.57 Å². The first-order chi connectivity index (χ1) is 11.5. The van der Waals surface area contributed by atoms with Gasteiger partial charge < -0.3 is 10.1 Å². The van der Waals surface area contributed by atoms with Crippen LogP contribution in [0.4, 0.5) is 0 Å². The summed E-state index contributed by atoms with van der Waals surface area (Å²) in [6, 6.07) is 1.99. The van der Waals surface area contributed by atoms with Gasteiger partial charge in [0.05, 0.1) is 18.6 Å². The van der Waals surface area contributed by atoms with Crippen molar-refractivity contribution >= 4 is 5.91 Å². The summed E-state index contributed by atoms with van der Waals surface area (Å²) in [5.74, 6) is 0.451. The van der Waals surface area contributed by atoms with E-state index < -0.39 is 0 Å². The van der Waals surface area contributed by atoms with Crippen LogP contribution in [0.2, 0.25) is 0 Å². The molecule has 2 atom stereocenters. The van der Waals surface area contributed by atoms with Gasteiger partial charge in [0.2, 0.25) is 5.91 Å². The summed E-state index contributed by atoms with van der Waals surface area (Å²) in [7, 11) is 1.93. The summed E-state index contributed by atoms with van der Waals surface area (Å²) < 4.78 is 7.52. The van der Waals surface area contributed by atoms with E-state index in [-0.39, 0.29) is 11.3 Å². The topological polar surface area (TPSA) is 59.4 Å². The van der Waals surface area contributed by atoms with E-state index in [2.05, 4.69) is 35.2 Å². The van der Waals surface area contributed by atoms with Gasteiger partial charge in [0, 0.05) is 57.5 Å². The molecule has 0 aliphatic carbocycles. The summed E-state index contributed by atoms with van der Waals surface area (Å²) in [6.07, 6.45) is 4.73. The monoisotopic (exact) mass is 332 g/mol. The van der Waals surface area contributed by atoms with Gasteiger partial charge in [-0.05, 0) is 19.9 Å². The van der Waals surface area contributed by atoms with Crippen molar-refractivity contribution in [3.63, 3.8) is 0 Å². The molecule has 2 saturated heterocycles. The second-order valence-electron chi connectivity index (χ2n) is 7.12. The van der Waals surface area contributed by atoms with Gasteiger partial charge in [0.1, 0.15) is 0 Å². The lowest BCUT2D eigenvalue weighted by Crippen LogP contribution is -2.47. The minimum absolute atomic E-state index is 0.146. The van der Waals surface area contributed by atoms with Crippen LogP contribution in [-0.2, 0) is 23.0 Å². The van der Waals surface area contributed by atoms with Crippen LogP contribution in [0, 0.1) is 11.3 Å². The molecule has 0 radical (unpaired) electrons. The lowest BCUT2D eigenvalue weighted by atomic mass is 9.80. The molecular formula is C18H28N4O2. The zero-order valence-corrected chi connectivity index (χ0v) is 14.9. The normalized spacial score (nSPS) is 27.5. The average molecular weight is 332 g/mol. The van der Waals surface area contributed by atoms with Gasteiger partial charge in [-0.25, -0.2) is 0 Å². The van der Waals surface area contributed by atoms with E-state index in [0.717, 1.165) is 31.7 Å². The Labute approximate surface area is 143 Å². The number of fused-ring (bicyclic) bond motifs is 1. The third-order valence-corrected chi connectivity index (χ3v) is 5.45. The first-order valence-corrected chi connectivity index (χ1v) is 8.72. The largest absolute Gasteiger partial charge is 0.380 e. The first-order valence-electron chi connectivity index (χ1n) is 8.72. The van der Waals surface area contributed by atoms with Gasteiger partial charge in [-0.2, -0.15) is 5.10 Å². The fraction of sp³-hybridized carbons (Fsp3) is 0.667. The third-order valence-electron chi connectivity index (χ3n) is 5.45. The Kier molecular flexibility index (Phi) is 5.06. The SMILES string of the molecule is C/C=C(\C)CN1C[C@@H]2COC[C@]2(C(=O)NCCc2ccnn2C)C1. The van der Waals surface area contributed by atoms with Crippen molar-refractivity contribution in [2.45, 2.75) is 20.3 Å². The number of carbonyl (C=O) groups excluding carboxylic acids is 1. The third kappa shape index (κ3) is 3.26. The van der Waals surface area contributed by atoms with E-state index in [9.17, 15) is 4.79 Å². The molecular weight excluding hydrogens is 304 g/mol. The lowest BCUT2D eigenvalue weighted by molar-refractivity contribution is -0.131. The molecule has 0 bridgehead atoms. The predicted octanol–water partition coefficient (Wildman–Crippen LogP) is 0.993. The minimum atomic E-state index is -0.375. The lowest BCUT2D eigenvalue weighted by Gasteiger charge is -2.26. The van der Waals surface area contributed by atoms with Crippen LogP contribution in [-0.4, -0.2) is 60.0 Å². The molecule has 132 valence electrons. The van der Waals surface area contributed by atoms with Crippen molar-refractivity contribution in [3.8, 4) is 0 Å². The second kappa shape index (κ2) is 7.07. The Morgan fingerprint density at radius 1 is 1.58 bits per heavy atom. The van der Waals surface area contributed by atoms with Gasteiger partial charge in [-0.1, -0.05) is 11.6 Å². The van der Waals surface area contributed by atoms with Gasteiger partial charge in [-0.3, -0.25) is 14.4 Å². The molecule has 0 saturated carbocycles. The molecule has 0 aromatic carbocycles. The van der Waals surface area contributed by atoms with Crippen molar-refractivity contribution in [2.75, 3.05) is 39.4 Å².